The summed E-state index contributed by atoms with van der Waals surface area (Å²) in [5.41, 5.74) is 15.8. The molecule has 3 aliphatic heterocycles. The molecular formula is C32H43N9O2. The largest absolute Gasteiger partial charge is 0.399 e. The van der Waals surface area contributed by atoms with Crippen LogP contribution < -0.4 is 27.0 Å². The average molecular weight is 586 g/mol. The summed E-state index contributed by atoms with van der Waals surface area (Å²) >= 11 is 0. The molecule has 11 heteroatoms. The van der Waals surface area contributed by atoms with Crippen LogP contribution in [0.4, 0.5) is 28.7 Å². The first-order chi connectivity index (χ1) is 20.9. The molecule has 1 aromatic heterocycles. The monoisotopic (exact) mass is 585 g/mol. The average Bonchev–Trinajstić information content (AvgIpc) is 3.03. The van der Waals surface area contributed by atoms with Crippen molar-refractivity contribution >= 4 is 34.6 Å². The van der Waals surface area contributed by atoms with E-state index >= 15 is 0 Å². The molecule has 0 spiro atoms. The van der Waals surface area contributed by atoms with Gasteiger partial charge in [-0.3, -0.25) is 9.69 Å². The molecule has 6 N–H and O–H groups in total. The van der Waals surface area contributed by atoms with Gasteiger partial charge in [-0.2, -0.15) is 0 Å². The minimum Gasteiger partial charge on any atom is -0.399 e. The molecule has 0 bridgehead atoms. The van der Waals surface area contributed by atoms with Gasteiger partial charge in [-0.15, -0.1) is 0 Å². The summed E-state index contributed by atoms with van der Waals surface area (Å²) in [6.07, 6.45) is 4.09. The quantitative estimate of drug-likeness (QED) is 0.291. The summed E-state index contributed by atoms with van der Waals surface area (Å²) in [6, 6.07) is 16.5. The molecule has 0 aliphatic carbocycles. The zero-order chi connectivity index (χ0) is 29.8. The number of primary amides is 1. The van der Waals surface area contributed by atoms with E-state index in [1.54, 1.807) is 0 Å². The number of likely N-dealkylation sites (N-methyl/N-ethyl adjacent to an activating group) is 1. The minimum absolute atomic E-state index is 0.0828. The summed E-state index contributed by atoms with van der Waals surface area (Å²) in [5.74, 6) is 0.259. The van der Waals surface area contributed by atoms with E-state index in [0.29, 0.717) is 42.3 Å². The molecule has 1 amide bonds. The van der Waals surface area contributed by atoms with Crippen LogP contribution in [0, 0.1) is 0 Å². The highest BCUT2D eigenvalue weighted by molar-refractivity contribution is 5.97. The standard InChI is InChI=1S/C32H43N9O2/c1-39-16-18-41(19-17-39)27-10-14-40(15-11-27)26-8-6-24(7-9-26)35-32-29(30(34)42)37-28(22-2-4-23(33)5-3-22)31(38-32)36-25-12-20-43-21-13-25/h2-9,25,27H,10-21,33H2,1H3,(H2,34,42)(H2,35,36,38). The van der Waals surface area contributed by atoms with Gasteiger partial charge in [0.1, 0.15) is 5.69 Å². The lowest BCUT2D eigenvalue weighted by molar-refractivity contribution is 0.0904. The summed E-state index contributed by atoms with van der Waals surface area (Å²) in [4.78, 5) is 29.7. The maximum atomic E-state index is 12.6. The Labute approximate surface area is 253 Å². The highest BCUT2D eigenvalue weighted by Gasteiger charge is 2.27. The smallest absolute Gasteiger partial charge is 0.271 e. The van der Waals surface area contributed by atoms with Gasteiger partial charge in [0.2, 0.25) is 0 Å². The van der Waals surface area contributed by atoms with Gasteiger partial charge in [-0.05, 0) is 69.1 Å². The number of hydrogen-bond acceptors (Lipinski definition) is 10. The van der Waals surface area contributed by atoms with E-state index in [1.807, 2.05) is 36.4 Å². The molecule has 4 heterocycles. The molecule has 2 aromatic carbocycles. The van der Waals surface area contributed by atoms with Crippen LogP contribution in [-0.4, -0.2) is 97.3 Å². The number of amides is 1. The van der Waals surface area contributed by atoms with Crippen LogP contribution >= 0.6 is 0 Å². The number of hydrogen-bond donors (Lipinski definition) is 4. The number of anilines is 5. The van der Waals surface area contributed by atoms with Gasteiger partial charge >= 0.3 is 0 Å². The van der Waals surface area contributed by atoms with E-state index in [0.717, 1.165) is 50.3 Å². The molecule has 228 valence electrons. The molecule has 3 aliphatic rings. The van der Waals surface area contributed by atoms with Crippen LogP contribution in [0.3, 0.4) is 0 Å². The van der Waals surface area contributed by atoms with E-state index in [1.165, 1.54) is 31.6 Å². The van der Waals surface area contributed by atoms with E-state index in [2.05, 4.69) is 44.5 Å². The van der Waals surface area contributed by atoms with E-state index in [9.17, 15) is 4.79 Å². The Kier molecular flexibility index (Phi) is 8.92. The lowest BCUT2D eigenvalue weighted by atomic mass is 10.0. The first-order valence-electron chi connectivity index (χ1n) is 15.4. The second-order valence-electron chi connectivity index (χ2n) is 11.9. The Morgan fingerprint density at radius 1 is 0.860 bits per heavy atom. The number of nitrogens with zero attached hydrogens (tertiary/aromatic N) is 5. The fraction of sp³-hybridized carbons (Fsp3) is 0.469. The Hall–Kier alpha value is -3.93. The number of aromatic nitrogens is 2. The van der Waals surface area contributed by atoms with Crippen LogP contribution in [0.15, 0.2) is 48.5 Å². The Bertz CT molecular complexity index is 1380. The molecule has 0 radical (unpaired) electrons. The van der Waals surface area contributed by atoms with E-state index in [4.69, 9.17) is 26.2 Å². The minimum atomic E-state index is -0.649. The topological polar surface area (TPSA) is 138 Å². The van der Waals surface area contributed by atoms with Gasteiger partial charge in [-0.1, -0.05) is 12.1 Å². The van der Waals surface area contributed by atoms with Gasteiger partial charge in [0.05, 0.1) is 0 Å². The predicted octanol–water partition coefficient (Wildman–Crippen LogP) is 3.38. The van der Waals surface area contributed by atoms with E-state index in [-0.39, 0.29) is 11.7 Å². The van der Waals surface area contributed by atoms with Crippen molar-refractivity contribution in [1.82, 2.24) is 19.8 Å². The number of carbonyl (C=O) groups excluding carboxylic acids is 1. The van der Waals surface area contributed by atoms with Crippen LogP contribution in [0.5, 0.6) is 0 Å². The van der Waals surface area contributed by atoms with Crippen LogP contribution in [-0.2, 0) is 4.74 Å². The van der Waals surface area contributed by atoms with Crippen molar-refractivity contribution in [2.45, 2.75) is 37.8 Å². The maximum absolute atomic E-state index is 12.6. The first-order valence-corrected chi connectivity index (χ1v) is 15.4. The number of nitrogens with two attached hydrogens (primary N) is 2. The number of carbonyl (C=O) groups is 1. The van der Waals surface area contributed by atoms with E-state index < -0.39 is 5.91 Å². The number of benzene rings is 2. The summed E-state index contributed by atoms with van der Waals surface area (Å²) in [5, 5.41) is 6.86. The zero-order valence-electron chi connectivity index (χ0n) is 25.0. The Morgan fingerprint density at radius 2 is 1.53 bits per heavy atom. The third-order valence-corrected chi connectivity index (χ3v) is 8.89. The first kappa shape index (κ1) is 29.2. The Morgan fingerprint density at radius 3 is 2.19 bits per heavy atom. The number of piperazine rings is 1. The predicted molar refractivity (Wildman–Crippen MR) is 172 cm³/mol. The molecular weight excluding hydrogens is 542 g/mol. The molecule has 0 saturated carbocycles. The van der Waals surface area contributed by atoms with Crippen molar-refractivity contribution in [1.29, 1.82) is 0 Å². The number of nitrogen functional groups attached to an aromatic ring is 1. The van der Waals surface area contributed by atoms with Gasteiger partial charge in [0.25, 0.3) is 5.91 Å². The maximum Gasteiger partial charge on any atom is 0.271 e. The molecule has 43 heavy (non-hydrogen) atoms. The number of ether oxygens (including phenoxy) is 1. The highest BCUT2D eigenvalue weighted by Crippen LogP contribution is 2.32. The van der Waals surface area contributed by atoms with Crippen molar-refractivity contribution in [3.63, 3.8) is 0 Å². The lowest BCUT2D eigenvalue weighted by Crippen LogP contribution is -2.52. The highest BCUT2D eigenvalue weighted by atomic mass is 16.5. The van der Waals surface area contributed by atoms with Crippen molar-refractivity contribution in [2.24, 2.45) is 5.73 Å². The van der Waals surface area contributed by atoms with Gasteiger partial charge < -0.3 is 36.6 Å². The third kappa shape index (κ3) is 7.01. The lowest BCUT2D eigenvalue weighted by Gasteiger charge is -2.42. The van der Waals surface area contributed by atoms with Crippen molar-refractivity contribution in [3.05, 3.63) is 54.2 Å². The molecule has 3 fully saturated rings. The Balaban J connectivity index is 1.19. The molecule has 0 unspecified atom stereocenters. The fourth-order valence-electron chi connectivity index (χ4n) is 6.24. The van der Waals surface area contributed by atoms with Crippen LogP contribution in [0.1, 0.15) is 36.2 Å². The summed E-state index contributed by atoms with van der Waals surface area (Å²) in [6.45, 7) is 8.14. The third-order valence-electron chi connectivity index (χ3n) is 8.89. The van der Waals surface area contributed by atoms with Gasteiger partial charge in [0, 0.05) is 87.2 Å². The number of nitrogens with one attached hydrogen (secondary N) is 2. The summed E-state index contributed by atoms with van der Waals surface area (Å²) in [7, 11) is 2.21. The molecule has 0 atom stereocenters. The molecule has 6 rings (SSSR count). The molecule has 11 nitrogen and oxygen atoms in total. The van der Waals surface area contributed by atoms with Crippen molar-refractivity contribution in [2.75, 3.05) is 80.8 Å². The van der Waals surface area contributed by atoms with Crippen LogP contribution in [0.2, 0.25) is 0 Å². The number of piperidine rings is 1. The normalized spacial score (nSPS) is 19.3. The molecule has 3 aromatic rings. The zero-order valence-corrected chi connectivity index (χ0v) is 25.0. The van der Waals surface area contributed by atoms with Gasteiger partial charge in [-0.25, -0.2) is 9.97 Å². The molecule has 3 saturated heterocycles. The fourth-order valence-corrected chi connectivity index (χ4v) is 6.24. The number of rotatable bonds is 8. The second-order valence-corrected chi connectivity index (χ2v) is 11.9. The van der Waals surface area contributed by atoms with Crippen molar-refractivity contribution < 1.29 is 9.53 Å². The second kappa shape index (κ2) is 13.2. The summed E-state index contributed by atoms with van der Waals surface area (Å²) < 4.78 is 5.54. The van der Waals surface area contributed by atoms with Crippen molar-refractivity contribution in [3.8, 4) is 11.3 Å². The SMILES string of the molecule is CN1CCN(C2CCN(c3ccc(Nc4nc(NC5CCOCC5)c(-c5ccc(N)cc5)nc4C(N)=O)cc3)CC2)CC1. The van der Waals surface area contributed by atoms with Gasteiger partial charge in [0.15, 0.2) is 17.3 Å². The van der Waals surface area contributed by atoms with Crippen LogP contribution in [0.25, 0.3) is 11.3 Å².